The molecule has 2 aromatic rings. The molecule has 0 fully saturated rings. The molecule has 1 unspecified atom stereocenters. The van der Waals surface area contributed by atoms with Gasteiger partial charge in [-0.1, -0.05) is 67.9 Å². The van der Waals surface area contributed by atoms with E-state index in [-0.39, 0.29) is 36.8 Å². The van der Waals surface area contributed by atoms with Gasteiger partial charge >= 0.3 is 0 Å². The van der Waals surface area contributed by atoms with Crippen LogP contribution in [0.15, 0.2) is 48.5 Å². The van der Waals surface area contributed by atoms with Crippen LogP contribution in [0, 0.1) is 6.92 Å². The molecule has 2 amide bonds. The summed E-state index contributed by atoms with van der Waals surface area (Å²) in [6, 6.07) is 15.9. The Balaban J connectivity index is 0.00000420. The van der Waals surface area contributed by atoms with Gasteiger partial charge in [0, 0.05) is 19.0 Å². The Kier molecular flexibility index (Phi) is 10.4. The summed E-state index contributed by atoms with van der Waals surface area (Å²) in [5.74, 6) is 0.0989. The van der Waals surface area contributed by atoms with Crippen molar-refractivity contribution in [3.63, 3.8) is 0 Å². The van der Waals surface area contributed by atoms with E-state index in [2.05, 4.69) is 36.6 Å². The quantitative estimate of drug-likeness (QED) is 0.584. The van der Waals surface area contributed by atoms with Crippen LogP contribution in [-0.4, -0.2) is 24.9 Å². The molecule has 0 bridgehead atoms. The van der Waals surface area contributed by atoms with Gasteiger partial charge in [0.15, 0.2) is 0 Å². The van der Waals surface area contributed by atoms with Gasteiger partial charge in [-0.25, -0.2) is 0 Å². The maximum atomic E-state index is 12.0. The Morgan fingerprint density at radius 1 is 0.897 bits per heavy atom. The maximum Gasteiger partial charge on any atom is 0.239 e. The van der Waals surface area contributed by atoms with Crippen molar-refractivity contribution in [3.05, 3.63) is 70.8 Å². The Morgan fingerprint density at radius 3 is 2.07 bits per heavy atom. The van der Waals surface area contributed by atoms with Crippen molar-refractivity contribution in [2.45, 2.75) is 45.6 Å². The summed E-state index contributed by atoms with van der Waals surface area (Å²) in [5, 5.41) is 5.43. The van der Waals surface area contributed by atoms with Gasteiger partial charge < -0.3 is 16.4 Å². The van der Waals surface area contributed by atoms with Crippen molar-refractivity contribution in [1.82, 2.24) is 10.6 Å². The molecule has 0 saturated carbocycles. The minimum absolute atomic E-state index is 0. The van der Waals surface area contributed by atoms with Crippen LogP contribution in [0.1, 0.15) is 54.5 Å². The Bertz CT molecular complexity index is 774. The molecule has 0 aromatic heterocycles. The molecular weight excluding hydrogens is 386 g/mol. The molecule has 5 nitrogen and oxygen atoms in total. The number of nitrogens with one attached hydrogen (secondary N) is 2. The van der Waals surface area contributed by atoms with Gasteiger partial charge in [-0.15, -0.1) is 12.4 Å². The standard InChI is InChI=1S/C23H31N3O2.ClH/c1-16(2)19-9-11-20(12-10-19)21(24)14-25-23(28)15-26-22(27)13-8-18-6-4-17(3)5-7-18;/h4-7,9-12,16,21H,8,13-15,24H2,1-3H3,(H,25,28)(H,26,27);1H. The van der Waals surface area contributed by atoms with E-state index in [4.69, 9.17) is 5.73 Å². The molecule has 4 N–H and O–H groups in total. The van der Waals surface area contributed by atoms with Crippen LogP contribution >= 0.6 is 12.4 Å². The van der Waals surface area contributed by atoms with Gasteiger partial charge in [0.25, 0.3) is 0 Å². The third-order valence-corrected chi connectivity index (χ3v) is 4.76. The largest absolute Gasteiger partial charge is 0.353 e. The highest BCUT2D eigenvalue weighted by atomic mass is 35.5. The van der Waals surface area contributed by atoms with Gasteiger partial charge in [-0.2, -0.15) is 0 Å². The average Bonchev–Trinajstić information content (AvgIpc) is 2.70. The number of rotatable bonds is 9. The van der Waals surface area contributed by atoms with Gasteiger partial charge in [0.1, 0.15) is 0 Å². The number of amides is 2. The lowest BCUT2D eigenvalue weighted by molar-refractivity contribution is -0.126. The van der Waals surface area contributed by atoms with Gasteiger partial charge in [0.2, 0.25) is 11.8 Å². The lowest BCUT2D eigenvalue weighted by atomic mass is 9.99. The maximum absolute atomic E-state index is 12.0. The van der Waals surface area contributed by atoms with E-state index >= 15 is 0 Å². The monoisotopic (exact) mass is 417 g/mol. The molecule has 0 radical (unpaired) electrons. The first-order valence-corrected chi connectivity index (χ1v) is 9.79. The SMILES string of the molecule is Cc1ccc(CCC(=O)NCC(=O)NCC(N)c2ccc(C(C)C)cc2)cc1.Cl. The van der Waals surface area contributed by atoms with Crippen molar-refractivity contribution >= 4 is 24.2 Å². The molecule has 2 rings (SSSR count). The highest BCUT2D eigenvalue weighted by Gasteiger charge is 2.10. The number of nitrogens with two attached hydrogens (primary N) is 1. The van der Waals surface area contributed by atoms with E-state index in [0.29, 0.717) is 25.3 Å². The minimum Gasteiger partial charge on any atom is -0.353 e. The fourth-order valence-electron chi connectivity index (χ4n) is 2.81. The molecule has 2 aromatic carbocycles. The van der Waals surface area contributed by atoms with Crippen molar-refractivity contribution in [2.75, 3.05) is 13.1 Å². The van der Waals surface area contributed by atoms with E-state index in [1.54, 1.807) is 0 Å². The summed E-state index contributed by atoms with van der Waals surface area (Å²) in [4.78, 5) is 23.9. The number of benzene rings is 2. The number of halogens is 1. The van der Waals surface area contributed by atoms with Crippen LogP contribution in [0.5, 0.6) is 0 Å². The summed E-state index contributed by atoms with van der Waals surface area (Å²) in [5.41, 5.74) is 10.7. The molecule has 29 heavy (non-hydrogen) atoms. The molecule has 158 valence electrons. The third kappa shape index (κ3) is 8.67. The molecule has 0 aliphatic heterocycles. The lowest BCUT2D eigenvalue weighted by Gasteiger charge is -2.15. The predicted molar refractivity (Wildman–Crippen MR) is 120 cm³/mol. The number of carbonyl (C=O) groups is 2. The number of carbonyl (C=O) groups excluding carboxylic acids is 2. The van der Waals surface area contributed by atoms with E-state index in [9.17, 15) is 9.59 Å². The Hall–Kier alpha value is -2.37. The number of hydrogen-bond acceptors (Lipinski definition) is 3. The molecule has 0 saturated heterocycles. The third-order valence-electron chi connectivity index (χ3n) is 4.76. The normalized spacial score (nSPS) is 11.5. The summed E-state index contributed by atoms with van der Waals surface area (Å²) in [7, 11) is 0. The average molecular weight is 418 g/mol. The van der Waals surface area contributed by atoms with Crippen LogP contribution in [0.4, 0.5) is 0 Å². The molecule has 0 heterocycles. The molecule has 0 spiro atoms. The second-order valence-electron chi connectivity index (χ2n) is 7.49. The molecule has 0 aliphatic carbocycles. The fourth-order valence-corrected chi connectivity index (χ4v) is 2.81. The van der Waals surface area contributed by atoms with Crippen molar-refractivity contribution < 1.29 is 9.59 Å². The van der Waals surface area contributed by atoms with Crippen molar-refractivity contribution in [2.24, 2.45) is 5.73 Å². The zero-order chi connectivity index (χ0) is 20.5. The predicted octanol–water partition coefficient (Wildman–Crippen LogP) is 3.41. The van der Waals surface area contributed by atoms with E-state index < -0.39 is 0 Å². The van der Waals surface area contributed by atoms with Gasteiger partial charge in [0.05, 0.1) is 6.54 Å². The van der Waals surface area contributed by atoms with Crippen molar-refractivity contribution in [1.29, 1.82) is 0 Å². The van der Waals surface area contributed by atoms with Gasteiger partial charge in [-0.3, -0.25) is 9.59 Å². The zero-order valence-electron chi connectivity index (χ0n) is 17.4. The summed E-state index contributed by atoms with van der Waals surface area (Å²) in [6.45, 7) is 6.61. The van der Waals surface area contributed by atoms with E-state index in [0.717, 1.165) is 11.1 Å². The first-order chi connectivity index (χ1) is 13.3. The number of hydrogen-bond donors (Lipinski definition) is 3. The summed E-state index contributed by atoms with van der Waals surface area (Å²) < 4.78 is 0. The van der Waals surface area contributed by atoms with Gasteiger partial charge in [-0.05, 0) is 36.0 Å². The first-order valence-electron chi connectivity index (χ1n) is 9.79. The molecular formula is C23H32ClN3O2. The Labute approximate surface area is 179 Å². The molecule has 6 heteroatoms. The number of aryl methyl sites for hydroxylation is 2. The molecule has 0 aliphatic rings. The minimum atomic E-state index is -0.276. The molecule has 1 atom stereocenters. The topological polar surface area (TPSA) is 84.2 Å². The zero-order valence-corrected chi connectivity index (χ0v) is 18.2. The smallest absolute Gasteiger partial charge is 0.239 e. The lowest BCUT2D eigenvalue weighted by Crippen LogP contribution is -2.39. The fraction of sp³-hybridized carbons (Fsp3) is 0.391. The Morgan fingerprint density at radius 2 is 1.48 bits per heavy atom. The summed E-state index contributed by atoms with van der Waals surface area (Å²) >= 11 is 0. The van der Waals surface area contributed by atoms with Crippen LogP contribution in [0.25, 0.3) is 0 Å². The van der Waals surface area contributed by atoms with Crippen LogP contribution in [0.3, 0.4) is 0 Å². The highest BCUT2D eigenvalue weighted by molar-refractivity contribution is 5.85. The first kappa shape index (κ1) is 24.7. The van der Waals surface area contributed by atoms with E-state index in [1.807, 2.05) is 43.3 Å². The van der Waals surface area contributed by atoms with Crippen LogP contribution in [0.2, 0.25) is 0 Å². The highest BCUT2D eigenvalue weighted by Crippen LogP contribution is 2.17. The summed E-state index contributed by atoms with van der Waals surface area (Å²) in [6.07, 6.45) is 1.02. The second-order valence-corrected chi connectivity index (χ2v) is 7.49. The van der Waals surface area contributed by atoms with Crippen LogP contribution in [-0.2, 0) is 16.0 Å². The van der Waals surface area contributed by atoms with E-state index in [1.165, 1.54) is 11.1 Å². The van der Waals surface area contributed by atoms with Crippen molar-refractivity contribution in [3.8, 4) is 0 Å². The van der Waals surface area contributed by atoms with Crippen LogP contribution < -0.4 is 16.4 Å². The second kappa shape index (κ2) is 12.2.